The summed E-state index contributed by atoms with van der Waals surface area (Å²) in [7, 11) is 0. The first-order valence-corrected chi connectivity index (χ1v) is 1.94. The van der Waals surface area contributed by atoms with Crippen molar-refractivity contribution >= 4 is 73.3 Å². The van der Waals surface area contributed by atoms with Gasteiger partial charge in [-0.3, -0.25) is 0 Å². The molecule has 0 rings (SSSR count). The second kappa shape index (κ2) is 16.7. The Morgan fingerprint density at radius 1 is 1.50 bits per heavy atom. The summed E-state index contributed by atoms with van der Waals surface area (Å²) in [5, 5.41) is 0. The molecule has 18 valence electrons. The van der Waals surface area contributed by atoms with E-state index in [2.05, 4.69) is 0 Å². The fraction of sp³-hybridized carbons (Fsp3) is 0. The monoisotopic (exact) mass is 320 g/mol. The molecule has 0 aliphatic carbocycles. The van der Waals surface area contributed by atoms with Crippen molar-refractivity contribution in [2.45, 2.75) is 0 Å². The van der Waals surface area contributed by atoms with E-state index < -0.39 is 0 Å². The standard InChI is InChI=1S/Ba.In.O.Ti.3H/q+2;;;;;2*-1. The van der Waals surface area contributed by atoms with Gasteiger partial charge in [0.1, 0.15) is 0 Å². The van der Waals surface area contributed by atoms with Crippen LogP contribution in [-0.2, 0) is 24.6 Å². The molecule has 0 aromatic heterocycles. The number of rotatable bonds is 0. The van der Waals surface area contributed by atoms with Gasteiger partial charge >= 0.3 is 76.1 Å². The molecular weight excluding hydrogens is 316 g/mol. The van der Waals surface area contributed by atoms with E-state index in [-0.39, 0.29) is 97.8 Å². The Morgan fingerprint density at radius 3 is 1.50 bits per heavy atom. The van der Waals surface area contributed by atoms with Crippen LogP contribution in [0.15, 0.2) is 0 Å². The van der Waals surface area contributed by atoms with Crippen LogP contribution in [0.5, 0.6) is 0 Å². The molecule has 0 atom stereocenters. The van der Waals surface area contributed by atoms with Crippen molar-refractivity contribution in [2.75, 3.05) is 0 Å². The van der Waals surface area contributed by atoms with Gasteiger partial charge < -0.3 is 2.85 Å². The molecule has 0 aliphatic heterocycles. The van der Waals surface area contributed by atoms with E-state index in [1.165, 1.54) is 0 Å². The maximum absolute atomic E-state index is 8.42. The summed E-state index contributed by atoms with van der Waals surface area (Å²) in [4.78, 5) is 0. The summed E-state index contributed by atoms with van der Waals surface area (Å²) in [6.45, 7) is 0. The first-order chi connectivity index (χ1) is 1.00. The summed E-state index contributed by atoms with van der Waals surface area (Å²) < 4.78 is 8.42. The van der Waals surface area contributed by atoms with Crippen molar-refractivity contribution in [2.24, 2.45) is 0 Å². The van der Waals surface area contributed by atoms with Gasteiger partial charge in [0.05, 0.1) is 0 Å². The third-order valence-electron chi connectivity index (χ3n) is 0. The summed E-state index contributed by atoms with van der Waals surface area (Å²) in [5.41, 5.74) is 0. The van der Waals surface area contributed by atoms with Gasteiger partial charge in [0.2, 0.25) is 0 Å². The second-order valence-electron chi connectivity index (χ2n) is 0. The Morgan fingerprint density at radius 2 is 1.50 bits per heavy atom. The largest absolute Gasteiger partial charge is 0 e. The molecule has 1 nitrogen and oxygen atoms in total. The normalized spacial score (nSPS) is 0.750. The molecule has 0 amide bonds. The molecule has 0 bridgehead atoms. The van der Waals surface area contributed by atoms with E-state index in [0.29, 0.717) is 0 Å². The molecule has 0 unspecified atom stereocenters. The molecule has 4 heteroatoms. The zero-order valence-corrected chi connectivity index (χ0v) is 12.4. The first-order valence-electron chi connectivity index (χ1n) is 0.289. The summed E-state index contributed by atoms with van der Waals surface area (Å²) in [5.74, 6) is 0. The van der Waals surface area contributed by atoms with Crippen LogP contribution in [0.2, 0.25) is 0 Å². The van der Waals surface area contributed by atoms with Crippen LogP contribution in [0.4, 0.5) is 0 Å². The molecule has 0 aliphatic rings. The Balaban J connectivity index is -0.000000000833. The zero-order chi connectivity index (χ0) is 2.00. The Bertz CT molecular complexity index is 13.5. The first kappa shape index (κ1) is 15.8. The zero-order valence-electron chi connectivity index (χ0n) is 4.32. The van der Waals surface area contributed by atoms with Crippen LogP contribution in [0, 0.1) is 0 Å². The van der Waals surface area contributed by atoms with Crippen LogP contribution >= 0.6 is 0 Å². The molecule has 4 heavy (non-hydrogen) atoms. The molecule has 0 spiro atoms. The maximum atomic E-state index is 8.42. The van der Waals surface area contributed by atoms with E-state index >= 15 is 0 Å². The second-order valence-corrected chi connectivity index (χ2v) is 0. The van der Waals surface area contributed by atoms with Crippen LogP contribution < -0.4 is 0 Å². The van der Waals surface area contributed by atoms with E-state index in [4.69, 9.17) is 2.85 Å². The molecule has 0 heterocycles. The smallest absolute Gasteiger partial charge is 0 e. The third kappa shape index (κ3) is 8.88. The van der Waals surface area contributed by atoms with Crippen molar-refractivity contribution in [1.29, 1.82) is 0 Å². The number of hydrogen-bond donors (Lipinski definition) is 0. The van der Waals surface area contributed by atoms with E-state index in [1.54, 1.807) is 0 Å². The molecule has 0 radical (unpaired) electrons. The fourth-order valence-corrected chi connectivity index (χ4v) is 0. The van der Waals surface area contributed by atoms with Crippen molar-refractivity contribution in [3.63, 3.8) is 0 Å². The summed E-state index contributed by atoms with van der Waals surface area (Å²) in [6.07, 6.45) is 0. The van der Waals surface area contributed by atoms with Crippen LogP contribution in [-0.4, -0.2) is 73.3 Å². The van der Waals surface area contributed by atoms with Crippen LogP contribution in [0.1, 0.15) is 2.85 Å². The Kier molecular flexibility index (Phi) is 66.0. The van der Waals surface area contributed by atoms with Crippen molar-refractivity contribution in [1.82, 2.24) is 0 Å². The molecule has 0 aromatic rings. The molecule has 0 aromatic carbocycles. The van der Waals surface area contributed by atoms with Crippen molar-refractivity contribution < 1.29 is 27.4 Å². The van der Waals surface area contributed by atoms with Crippen LogP contribution in [0.3, 0.4) is 0 Å². The van der Waals surface area contributed by atoms with Gasteiger partial charge in [0.15, 0.2) is 0 Å². The van der Waals surface area contributed by atoms with Gasteiger partial charge in [0.25, 0.3) is 0 Å². The molecule has 0 N–H and O–H groups in total. The summed E-state index contributed by atoms with van der Waals surface area (Å²) >= 11 is -0.1000. The topological polar surface area (TPSA) is 17.1 Å². The van der Waals surface area contributed by atoms with Gasteiger partial charge in [-0.05, 0) is 0 Å². The minimum Gasteiger partial charge on any atom is 0 e. The molecular formula is H3BaInOTi. The minimum absolute atomic E-state index is 0. The predicted octanol–water partition coefficient (Wildman–Crippen LogP) is -0.926. The third-order valence-corrected chi connectivity index (χ3v) is 0. The average Bonchev–Trinajstić information content (AvgIpc) is 1.00. The minimum atomic E-state index is -0.1000. The van der Waals surface area contributed by atoms with Gasteiger partial charge in [0, 0.05) is 21.7 Å². The Labute approximate surface area is 98.2 Å². The van der Waals surface area contributed by atoms with Gasteiger partial charge in [-0.15, -0.1) is 0 Å². The molecule has 0 saturated carbocycles. The molecule has 0 fully saturated rings. The van der Waals surface area contributed by atoms with Gasteiger partial charge in [-0.1, -0.05) is 0 Å². The molecule has 0 saturated heterocycles. The fourth-order valence-electron chi connectivity index (χ4n) is 0. The van der Waals surface area contributed by atoms with Crippen molar-refractivity contribution in [3.05, 3.63) is 0 Å². The van der Waals surface area contributed by atoms with Crippen molar-refractivity contribution in [3.8, 4) is 0 Å². The maximum Gasteiger partial charge on any atom is 0 e. The van der Waals surface area contributed by atoms with E-state index in [1.807, 2.05) is 0 Å². The van der Waals surface area contributed by atoms with E-state index in [0.717, 1.165) is 0 Å². The van der Waals surface area contributed by atoms with Crippen LogP contribution in [0.25, 0.3) is 0 Å². The van der Waals surface area contributed by atoms with Gasteiger partial charge in [-0.2, -0.15) is 0 Å². The quantitative estimate of drug-likeness (QED) is 0.528. The Hall–Kier alpha value is 2.96. The summed E-state index contributed by atoms with van der Waals surface area (Å²) in [6, 6.07) is 0. The number of hydrogen-bond acceptors (Lipinski definition) is 1. The SMILES string of the molecule is [Ba+2].[H-].[H-].[O]=[InH].[Ti]. The van der Waals surface area contributed by atoms with E-state index in [9.17, 15) is 0 Å². The average molecular weight is 319 g/mol. The predicted molar refractivity (Wildman–Crippen MR) is 15.8 cm³/mol. The van der Waals surface area contributed by atoms with Gasteiger partial charge in [-0.25, -0.2) is 0 Å².